The van der Waals surface area contributed by atoms with E-state index in [0.717, 1.165) is 38.5 Å². The van der Waals surface area contributed by atoms with E-state index < -0.39 is 0 Å². The van der Waals surface area contributed by atoms with Gasteiger partial charge in [-0.1, -0.05) is 6.08 Å². The summed E-state index contributed by atoms with van der Waals surface area (Å²) in [6, 6.07) is 0.429. The first kappa shape index (κ1) is 14.1. The van der Waals surface area contributed by atoms with Crippen molar-refractivity contribution in [2.75, 3.05) is 46.6 Å². The second-order valence-corrected chi connectivity index (χ2v) is 5.47. The molecular formula is C15H23NO4. The van der Waals surface area contributed by atoms with Crippen LogP contribution in [0.1, 0.15) is 6.42 Å². The number of hydrogen-bond acceptors (Lipinski definition) is 5. The minimum Gasteiger partial charge on any atom is -0.492 e. The van der Waals surface area contributed by atoms with Crippen LogP contribution in [0.15, 0.2) is 24.0 Å². The van der Waals surface area contributed by atoms with Crippen LogP contribution in [0.25, 0.3) is 0 Å². The summed E-state index contributed by atoms with van der Waals surface area (Å²) in [5.74, 6) is 0.948. The predicted octanol–water partition coefficient (Wildman–Crippen LogP) is 0.961. The molecule has 0 radical (unpaired) electrons. The molecule has 112 valence electrons. The van der Waals surface area contributed by atoms with Crippen molar-refractivity contribution in [1.29, 1.82) is 0 Å². The Bertz CT molecular complexity index is 360. The first-order valence-electron chi connectivity index (χ1n) is 7.32. The molecule has 0 amide bonds. The number of rotatable bonds is 9. The van der Waals surface area contributed by atoms with E-state index >= 15 is 0 Å². The van der Waals surface area contributed by atoms with Crippen molar-refractivity contribution in [3.63, 3.8) is 0 Å². The summed E-state index contributed by atoms with van der Waals surface area (Å²) < 4.78 is 21.3. The van der Waals surface area contributed by atoms with Crippen LogP contribution in [-0.2, 0) is 18.9 Å². The second kappa shape index (κ2) is 6.72. The summed E-state index contributed by atoms with van der Waals surface area (Å²) in [6.07, 6.45) is 8.29. The molecule has 20 heavy (non-hydrogen) atoms. The lowest BCUT2D eigenvalue weighted by Gasteiger charge is -2.29. The van der Waals surface area contributed by atoms with Gasteiger partial charge in [0, 0.05) is 26.2 Å². The predicted molar refractivity (Wildman–Crippen MR) is 74.5 cm³/mol. The average molecular weight is 281 g/mol. The van der Waals surface area contributed by atoms with Crippen molar-refractivity contribution in [3.8, 4) is 0 Å². The maximum absolute atomic E-state index is 5.62. The van der Waals surface area contributed by atoms with E-state index in [-0.39, 0.29) is 0 Å². The zero-order valence-electron chi connectivity index (χ0n) is 12.0. The largest absolute Gasteiger partial charge is 0.492 e. The Hall–Kier alpha value is -0.880. The summed E-state index contributed by atoms with van der Waals surface area (Å²) in [7, 11) is 1.68. The van der Waals surface area contributed by atoms with Crippen LogP contribution in [0, 0.1) is 0 Å². The van der Waals surface area contributed by atoms with Gasteiger partial charge in [0.05, 0.1) is 32.0 Å². The lowest BCUT2D eigenvalue weighted by molar-refractivity contribution is 0.112. The molecule has 5 nitrogen and oxygen atoms in total. The molecule has 0 aromatic carbocycles. The maximum Gasteiger partial charge on any atom is 0.115 e. The standard InChI is InChI=1S/C15H23NO4/c1-17-6-7-18-13-4-2-12(3-5-13)16(8-14-10-19-14)9-15-11-20-15/h2,4-5,12,14-15H,3,6-11H2,1H3. The molecule has 2 heterocycles. The van der Waals surface area contributed by atoms with Crippen LogP contribution in [0.3, 0.4) is 0 Å². The third kappa shape index (κ3) is 4.31. The van der Waals surface area contributed by atoms with E-state index in [0.29, 0.717) is 31.5 Å². The van der Waals surface area contributed by atoms with Crippen LogP contribution < -0.4 is 0 Å². The van der Waals surface area contributed by atoms with Gasteiger partial charge in [-0.3, -0.25) is 4.90 Å². The molecule has 3 aliphatic rings. The number of ether oxygens (including phenoxy) is 4. The van der Waals surface area contributed by atoms with E-state index in [9.17, 15) is 0 Å². The van der Waals surface area contributed by atoms with Crippen molar-refractivity contribution >= 4 is 0 Å². The molecule has 2 fully saturated rings. The summed E-state index contributed by atoms with van der Waals surface area (Å²) in [5, 5.41) is 0. The fourth-order valence-electron chi connectivity index (χ4n) is 2.43. The molecule has 3 rings (SSSR count). The molecular weight excluding hydrogens is 258 g/mol. The van der Waals surface area contributed by atoms with Gasteiger partial charge in [0.2, 0.25) is 0 Å². The summed E-state index contributed by atoms with van der Waals surface area (Å²) in [6.45, 7) is 5.04. The second-order valence-electron chi connectivity index (χ2n) is 5.47. The molecule has 1 aliphatic carbocycles. The zero-order chi connectivity index (χ0) is 13.8. The molecule has 5 heteroatoms. The minimum absolute atomic E-state index is 0.422. The lowest BCUT2D eigenvalue weighted by atomic mass is 10.1. The van der Waals surface area contributed by atoms with Crippen molar-refractivity contribution in [2.45, 2.75) is 24.7 Å². The Morgan fingerprint density at radius 3 is 2.40 bits per heavy atom. The number of methoxy groups -OCH3 is 1. The molecule has 0 aromatic heterocycles. The fraction of sp³-hybridized carbons (Fsp3) is 0.733. The van der Waals surface area contributed by atoms with E-state index in [1.165, 1.54) is 0 Å². The van der Waals surface area contributed by atoms with Crippen molar-refractivity contribution in [1.82, 2.24) is 4.90 Å². The smallest absolute Gasteiger partial charge is 0.115 e. The van der Waals surface area contributed by atoms with Crippen molar-refractivity contribution in [3.05, 3.63) is 24.0 Å². The van der Waals surface area contributed by atoms with E-state index in [2.05, 4.69) is 23.1 Å². The van der Waals surface area contributed by atoms with Gasteiger partial charge in [0.25, 0.3) is 0 Å². The van der Waals surface area contributed by atoms with Crippen LogP contribution in [0.5, 0.6) is 0 Å². The van der Waals surface area contributed by atoms with E-state index in [1.807, 2.05) is 0 Å². The normalized spacial score (nSPS) is 31.3. The minimum atomic E-state index is 0.422. The Kier molecular flexibility index (Phi) is 4.73. The van der Waals surface area contributed by atoms with Crippen LogP contribution in [0.2, 0.25) is 0 Å². The molecule has 0 N–H and O–H groups in total. The Morgan fingerprint density at radius 1 is 1.20 bits per heavy atom. The van der Waals surface area contributed by atoms with Crippen molar-refractivity contribution in [2.24, 2.45) is 0 Å². The molecule has 0 saturated carbocycles. The summed E-state index contributed by atoms with van der Waals surface area (Å²) in [4.78, 5) is 2.47. The molecule has 0 aromatic rings. The highest BCUT2D eigenvalue weighted by molar-refractivity contribution is 5.20. The monoisotopic (exact) mass is 281 g/mol. The molecule has 2 aliphatic heterocycles. The third-order valence-electron chi connectivity index (χ3n) is 3.75. The maximum atomic E-state index is 5.62. The lowest BCUT2D eigenvalue weighted by Crippen LogP contribution is -2.40. The molecule has 0 bridgehead atoms. The van der Waals surface area contributed by atoms with Gasteiger partial charge in [-0.25, -0.2) is 0 Å². The SMILES string of the molecule is COCCOC1=CCC(N(CC2CO2)CC2CO2)C=C1. The van der Waals surface area contributed by atoms with Crippen LogP contribution in [0.4, 0.5) is 0 Å². The molecule has 2 saturated heterocycles. The average Bonchev–Trinajstić information content (AvgIpc) is 3.35. The molecule has 3 atom stereocenters. The van der Waals surface area contributed by atoms with E-state index in [4.69, 9.17) is 18.9 Å². The van der Waals surface area contributed by atoms with Gasteiger partial charge < -0.3 is 18.9 Å². The Labute approximate surface area is 120 Å². The number of hydrogen-bond donors (Lipinski definition) is 0. The van der Waals surface area contributed by atoms with Gasteiger partial charge in [0.1, 0.15) is 12.4 Å². The fourth-order valence-corrected chi connectivity index (χ4v) is 2.43. The first-order chi connectivity index (χ1) is 9.85. The number of allylic oxidation sites excluding steroid dienone is 1. The van der Waals surface area contributed by atoms with Gasteiger partial charge in [-0.15, -0.1) is 0 Å². The van der Waals surface area contributed by atoms with Gasteiger partial charge in [-0.05, 0) is 18.6 Å². The highest BCUT2D eigenvalue weighted by Crippen LogP contribution is 2.22. The molecule has 3 unspecified atom stereocenters. The highest BCUT2D eigenvalue weighted by Gasteiger charge is 2.33. The molecule has 0 spiro atoms. The van der Waals surface area contributed by atoms with Crippen LogP contribution >= 0.6 is 0 Å². The Balaban J connectivity index is 1.47. The van der Waals surface area contributed by atoms with Gasteiger partial charge in [-0.2, -0.15) is 0 Å². The van der Waals surface area contributed by atoms with Gasteiger partial charge in [0.15, 0.2) is 0 Å². The quantitative estimate of drug-likeness (QED) is 0.465. The summed E-state index contributed by atoms with van der Waals surface area (Å²) in [5.41, 5.74) is 0. The number of epoxide rings is 2. The topological polar surface area (TPSA) is 46.8 Å². The first-order valence-corrected chi connectivity index (χ1v) is 7.32. The third-order valence-corrected chi connectivity index (χ3v) is 3.75. The number of nitrogens with zero attached hydrogens (tertiary/aromatic N) is 1. The van der Waals surface area contributed by atoms with Crippen LogP contribution in [-0.4, -0.2) is 69.8 Å². The van der Waals surface area contributed by atoms with Crippen molar-refractivity contribution < 1.29 is 18.9 Å². The zero-order valence-corrected chi connectivity index (χ0v) is 12.0. The van der Waals surface area contributed by atoms with E-state index in [1.54, 1.807) is 7.11 Å². The summed E-state index contributed by atoms with van der Waals surface area (Å²) >= 11 is 0. The Morgan fingerprint density at radius 2 is 1.90 bits per heavy atom. The van der Waals surface area contributed by atoms with Gasteiger partial charge >= 0.3 is 0 Å². The highest BCUT2D eigenvalue weighted by atomic mass is 16.6.